The molecule has 0 aliphatic rings. The van der Waals surface area contributed by atoms with Crippen LogP contribution < -0.4 is 11.3 Å². The van der Waals surface area contributed by atoms with Gasteiger partial charge in [-0.1, -0.05) is 37.6 Å². The first-order chi connectivity index (χ1) is 9.26. The summed E-state index contributed by atoms with van der Waals surface area (Å²) in [5.41, 5.74) is 5.11. The van der Waals surface area contributed by atoms with Crippen molar-refractivity contribution in [2.45, 2.75) is 25.8 Å². The van der Waals surface area contributed by atoms with Gasteiger partial charge < -0.3 is 0 Å². The summed E-state index contributed by atoms with van der Waals surface area (Å²) in [4.78, 5) is 4.07. The number of benzene rings is 1. The van der Waals surface area contributed by atoms with E-state index in [9.17, 15) is 4.39 Å². The first-order valence-corrected chi connectivity index (χ1v) is 6.41. The van der Waals surface area contributed by atoms with Crippen LogP contribution in [0.2, 0.25) is 0 Å². The quantitative estimate of drug-likeness (QED) is 0.641. The Hall–Kier alpha value is -1.78. The molecule has 0 saturated heterocycles. The Kier molecular flexibility index (Phi) is 4.60. The molecule has 0 radical (unpaired) electrons. The van der Waals surface area contributed by atoms with Crippen LogP contribution in [0.15, 0.2) is 42.6 Å². The predicted molar refractivity (Wildman–Crippen MR) is 73.8 cm³/mol. The van der Waals surface area contributed by atoms with Gasteiger partial charge in [-0.2, -0.15) is 0 Å². The second kappa shape index (κ2) is 6.41. The molecule has 1 aromatic carbocycles. The highest BCUT2D eigenvalue weighted by Gasteiger charge is 2.17. The Balaban J connectivity index is 2.29. The van der Waals surface area contributed by atoms with Crippen molar-refractivity contribution in [1.82, 2.24) is 10.4 Å². The summed E-state index contributed by atoms with van der Waals surface area (Å²) < 4.78 is 13.8. The molecule has 3 N–H and O–H groups in total. The molecule has 0 aliphatic carbocycles. The minimum absolute atomic E-state index is 0.313. The molecule has 1 aromatic heterocycles. The molecular formula is C15H18FN3. The minimum atomic E-state index is -0.433. The summed E-state index contributed by atoms with van der Waals surface area (Å²) in [6, 6.07) is 10.5. The molecule has 1 unspecified atom stereocenters. The van der Waals surface area contributed by atoms with Gasteiger partial charge in [0, 0.05) is 6.20 Å². The van der Waals surface area contributed by atoms with Crippen LogP contribution in [0.4, 0.5) is 4.39 Å². The van der Waals surface area contributed by atoms with Gasteiger partial charge in [-0.15, -0.1) is 0 Å². The van der Waals surface area contributed by atoms with Crippen molar-refractivity contribution in [2.24, 2.45) is 5.84 Å². The Morgan fingerprint density at radius 2 is 2.00 bits per heavy atom. The fraction of sp³-hybridized carbons (Fsp3) is 0.267. The number of hydrazine groups is 1. The van der Waals surface area contributed by atoms with Gasteiger partial charge in [0.05, 0.1) is 11.7 Å². The van der Waals surface area contributed by atoms with Crippen LogP contribution in [-0.4, -0.2) is 4.98 Å². The summed E-state index contributed by atoms with van der Waals surface area (Å²) in [6.07, 6.45) is 3.71. The second-order valence-electron chi connectivity index (χ2n) is 4.46. The van der Waals surface area contributed by atoms with E-state index >= 15 is 0 Å². The molecule has 0 spiro atoms. The number of aryl methyl sites for hydroxylation is 1. The summed E-state index contributed by atoms with van der Waals surface area (Å²) in [5, 5.41) is 0. The highest BCUT2D eigenvalue weighted by Crippen LogP contribution is 2.22. The average Bonchev–Trinajstić information content (AvgIpc) is 2.44. The molecule has 0 amide bonds. The van der Waals surface area contributed by atoms with Crippen molar-refractivity contribution < 1.29 is 4.39 Å². The number of halogens is 1. The van der Waals surface area contributed by atoms with E-state index in [4.69, 9.17) is 5.84 Å². The lowest BCUT2D eigenvalue weighted by Crippen LogP contribution is -2.30. The van der Waals surface area contributed by atoms with Gasteiger partial charge in [-0.05, 0) is 29.7 Å². The first kappa shape index (κ1) is 13.6. The van der Waals surface area contributed by atoms with Crippen LogP contribution in [0.3, 0.4) is 0 Å². The van der Waals surface area contributed by atoms with E-state index in [0.717, 1.165) is 18.4 Å². The van der Waals surface area contributed by atoms with Gasteiger partial charge in [0.15, 0.2) is 0 Å². The maximum Gasteiger partial charge on any atom is 0.146 e. The lowest BCUT2D eigenvalue weighted by Gasteiger charge is -2.16. The van der Waals surface area contributed by atoms with Gasteiger partial charge >= 0.3 is 0 Å². The molecule has 0 bridgehead atoms. The van der Waals surface area contributed by atoms with E-state index in [1.54, 1.807) is 12.3 Å². The van der Waals surface area contributed by atoms with Crippen molar-refractivity contribution in [3.8, 4) is 0 Å². The van der Waals surface area contributed by atoms with Crippen LogP contribution in [0.5, 0.6) is 0 Å². The second-order valence-corrected chi connectivity index (χ2v) is 4.46. The number of hydrogen-bond acceptors (Lipinski definition) is 3. The molecule has 2 aromatic rings. The lowest BCUT2D eigenvalue weighted by atomic mass is 10.0. The van der Waals surface area contributed by atoms with Crippen LogP contribution in [-0.2, 0) is 6.42 Å². The van der Waals surface area contributed by atoms with Crippen LogP contribution in [0, 0.1) is 5.82 Å². The maximum atomic E-state index is 13.8. The SMILES string of the molecule is CCCc1ccc(C(NN)c2ncccc2F)cc1. The van der Waals surface area contributed by atoms with Crippen molar-refractivity contribution >= 4 is 0 Å². The molecule has 100 valence electrons. The maximum absolute atomic E-state index is 13.8. The molecule has 19 heavy (non-hydrogen) atoms. The number of hydrogen-bond donors (Lipinski definition) is 2. The molecule has 0 aliphatic heterocycles. The van der Waals surface area contributed by atoms with Crippen LogP contribution in [0.1, 0.15) is 36.2 Å². The zero-order valence-corrected chi connectivity index (χ0v) is 10.9. The van der Waals surface area contributed by atoms with E-state index in [1.807, 2.05) is 24.3 Å². The third kappa shape index (κ3) is 3.16. The first-order valence-electron chi connectivity index (χ1n) is 6.41. The summed E-state index contributed by atoms with van der Waals surface area (Å²) in [7, 11) is 0. The highest BCUT2D eigenvalue weighted by atomic mass is 19.1. The fourth-order valence-corrected chi connectivity index (χ4v) is 2.11. The Morgan fingerprint density at radius 3 is 2.58 bits per heavy atom. The van der Waals surface area contributed by atoms with E-state index in [-0.39, 0.29) is 5.82 Å². The number of rotatable bonds is 5. The molecule has 1 atom stereocenters. The normalized spacial score (nSPS) is 12.4. The predicted octanol–water partition coefficient (Wildman–Crippen LogP) is 2.73. The lowest BCUT2D eigenvalue weighted by molar-refractivity contribution is 0.543. The van der Waals surface area contributed by atoms with E-state index < -0.39 is 6.04 Å². The third-order valence-electron chi connectivity index (χ3n) is 3.08. The highest BCUT2D eigenvalue weighted by molar-refractivity contribution is 5.31. The topological polar surface area (TPSA) is 50.9 Å². The van der Waals surface area contributed by atoms with Gasteiger partial charge in [0.2, 0.25) is 0 Å². The van der Waals surface area contributed by atoms with E-state index in [2.05, 4.69) is 17.3 Å². The summed E-state index contributed by atoms with van der Waals surface area (Å²) in [5.74, 6) is 5.19. The summed E-state index contributed by atoms with van der Waals surface area (Å²) in [6.45, 7) is 2.14. The average molecular weight is 259 g/mol. The molecule has 0 saturated carbocycles. The zero-order chi connectivity index (χ0) is 13.7. The van der Waals surface area contributed by atoms with Crippen molar-refractivity contribution in [1.29, 1.82) is 0 Å². The van der Waals surface area contributed by atoms with Gasteiger partial charge in [-0.3, -0.25) is 10.8 Å². The monoisotopic (exact) mass is 259 g/mol. The van der Waals surface area contributed by atoms with Crippen molar-refractivity contribution in [3.63, 3.8) is 0 Å². The zero-order valence-electron chi connectivity index (χ0n) is 10.9. The number of nitrogens with two attached hydrogens (primary N) is 1. The largest absolute Gasteiger partial charge is 0.271 e. The molecule has 3 nitrogen and oxygen atoms in total. The molecule has 4 heteroatoms. The minimum Gasteiger partial charge on any atom is -0.271 e. The smallest absolute Gasteiger partial charge is 0.146 e. The number of nitrogens with one attached hydrogen (secondary N) is 1. The summed E-state index contributed by atoms with van der Waals surface area (Å²) >= 11 is 0. The van der Waals surface area contributed by atoms with Gasteiger partial charge in [0.1, 0.15) is 5.82 Å². The van der Waals surface area contributed by atoms with Crippen molar-refractivity contribution in [3.05, 3.63) is 65.2 Å². The Labute approximate surface area is 112 Å². The number of pyridine rings is 1. The van der Waals surface area contributed by atoms with E-state index in [1.165, 1.54) is 11.6 Å². The molecular weight excluding hydrogens is 241 g/mol. The van der Waals surface area contributed by atoms with Gasteiger partial charge in [0.25, 0.3) is 0 Å². The third-order valence-corrected chi connectivity index (χ3v) is 3.08. The Morgan fingerprint density at radius 1 is 1.26 bits per heavy atom. The Bertz CT molecular complexity index is 525. The van der Waals surface area contributed by atoms with E-state index in [0.29, 0.717) is 5.69 Å². The molecule has 2 rings (SSSR count). The molecule has 0 fully saturated rings. The fourth-order valence-electron chi connectivity index (χ4n) is 2.11. The van der Waals surface area contributed by atoms with Crippen LogP contribution in [0.25, 0.3) is 0 Å². The van der Waals surface area contributed by atoms with Crippen LogP contribution >= 0.6 is 0 Å². The van der Waals surface area contributed by atoms with Crippen molar-refractivity contribution in [2.75, 3.05) is 0 Å². The number of aromatic nitrogens is 1. The van der Waals surface area contributed by atoms with Gasteiger partial charge in [-0.25, -0.2) is 9.82 Å². The standard InChI is InChI=1S/C15H18FN3/c1-2-4-11-6-8-12(9-7-11)14(19-17)15-13(16)5-3-10-18-15/h3,5-10,14,19H,2,4,17H2,1H3. The molecule has 1 heterocycles. The number of nitrogens with zero attached hydrogens (tertiary/aromatic N) is 1.